The molecule has 266 valence electrons. The van der Waals surface area contributed by atoms with E-state index in [1.165, 1.54) is 11.3 Å². The molecule has 0 radical (unpaired) electrons. The maximum absolute atomic E-state index is 12.5. The first-order valence-corrected chi connectivity index (χ1v) is 18.2. The summed E-state index contributed by atoms with van der Waals surface area (Å²) in [5, 5.41) is 23.0. The molecule has 0 spiro atoms. The van der Waals surface area contributed by atoms with Crippen molar-refractivity contribution < 1.29 is 18.8 Å². The average molecular weight is 702 g/mol. The zero-order valence-electron chi connectivity index (χ0n) is 29.9. The van der Waals surface area contributed by atoms with Crippen LogP contribution in [-0.4, -0.2) is 80.7 Å². The van der Waals surface area contributed by atoms with Gasteiger partial charge in [0.25, 0.3) is 0 Å². The molecule has 1 saturated heterocycles. The van der Waals surface area contributed by atoms with Crippen molar-refractivity contribution in [2.45, 2.75) is 109 Å². The third kappa shape index (κ3) is 6.74. The van der Waals surface area contributed by atoms with Crippen LogP contribution in [-0.2, 0) is 34.2 Å². The lowest BCUT2D eigenvalue weighted by molar-refractivity contribution is -0.120. The number of likely N-dealkylation sites (tertiary alicyclic amines) is 1. The van der Waals surface area contributed by atoms with Gasteiger partial charge in [0.1, 0.15) is 17.2 Å². The first kappa shape index (κ1) is 35.5. The van der Waals surface area contributed by atoms with E-state index in [4.69, 9.17) is 34.9 Å². The van der Waals surface area contributed by atoms with Gasteiger partial charge in [-0.15, -0.1) is 11.3 Å². The van der Waals surface area contributed by atoms with E-state index in [1.807, 2.05) is 20.8 Å². The second kappa shape index (κ2) is 14.5. The number of hydrogen-bond donors (Lipinski definition) is 2. The Bertz CT molecular complexity index is 1890. The number of anilines is 1. The number of ether oxygens (including phenoxy) is 2. The smallest absolute Gasteiger partial charge is 0.226 e. The Kier molecular flexibility index (Phi) is 10.3. The molecule has 0 saturated carbocycles. The molecule has 14 heteroatoms. The number of carbonyl (C=O) groups excluding carboxylic acids is 1. The van der Waals surface area contributed by atoms with Crippen LogP contribution in [0.5, 0.6) is 5.88 Å². The largest absolute Gasteiger partial charge is 0.473 e. The molecule has 4 atom stereocenters. The Morgan fingerprint density at radius 1 is 1.32 bits per heavy atom. The zero-order chi connectivity index (χ0) is 35.7. The highest BCUT2D eigenvalue weighted by Crippen LogP contribution is 2.50. The molecule has 50 heavy (non-hydrogen) atoms. The van der Waals surface area contributed by atoms with Crippen molar-refractivity contribution >= 4 is 22.2 Å². The normalized spacial score (nSPS) is 21.3. The first-order chi connectivity index (χ1) is 24.0. The molecular weight excluding hydrogens is 655 g/mol. The van der Waals surface area contributed by atoms with Gasteiger partial charge in [0.05, 0.1) is 35.5 Å². The lowest BCUT2D eigenvalue weighted by atomic mass is 9.69. The number of nitrogens with two attached hydrogens (primary N) is 1. The van der Waals surface area contributed by atoms with E-state index in [9.17, 15) is 10.1 Å². The number of aromatic nitrogens is 5. The van der Waals surface area contributed by atoms with Crippen molar-refractivity contribution in [2.24, 2.45) is 0 Å². The van der Waals surface area contributed by atoms with Gasteiger partial charge >= 0.3 is 0 Å². The van der Waals surface area contributed by atoms with E-state index in [1.54, 1.807) is 30.1 Å². The maximum atomic E-state index is 12.5. The molecular formula is C36H47N9O4S. The highest BCUT2D eigenvalue weighted by atomic mass is 32.1. The predicted octanol–water partition coefficient (Wildman–Crippen LogP) is 4.98. The van der Waals surface area contributed by atoms with Gasteiger partial charge < -0.3 is 25.0 Å². The van der Waals surface area contributed by atoms with Gasteiger partial charge in [-0.05, 0) is 78.5 Å². The molecule has 1 aliphatic carbocycles. The maximum Gasteiger partial charge on any atom is 0.226 e. The monoisotopic (exact) mass is 701 g/mol. The lowest BCUT2D eigenvalue weighted by Gasteiger charge is -2.33. The zero-order valence-corrected chi connectivity index (χ0v) is 30.8. The summed E-state index contributed by atoms with van der Waals surface area (Å²) in [5.41, 5.74) is 9.55. The van der Waals surface area contributed by atoms with E-state index < -0.39 is 5.41 Å². The molecule has 1 fully saturated rings. The number of rotatable bonds is 12. The van der Waals surface area contributed by atoms with Gasteiger partial charge in [-0.1, -0.05) is 18.5 Å². The Morgan fingerprint density at radius 2 is 2.12 bits per heavy atom. The lowest BCUT2D eigenvalue weighted by Crippen LogP contribution is -2.44. The molecule has 1 aliphatic heterocycles. The molecule has 0 unspecified atom stereocenters. The van der Waals surface area contributed by atoms with Crippen molar-refractivity contribution in [3.63, 3.8) is 0 Å². The fourth-order valence-electron chi connectivity index (χ4n) is 7.66. The summed E-state index contributed by atoms with van der Waals surface area (Å²) in [6.07, 6.45) is 6.71. The molecule has 6 rings (SSSR count). The summed E-state index contributed by atoms with van der Waals surface area (Å²) in [4.78, 5) is 25.7. The van der Waals surface area contributed by atoms with Gasteiger partial charge in [0.2, 0.25) is 23.4 Å². The molecule has 2 aliphatic rings. The fourth-order valence-corrected chi connectivity index (χ4v) is 8.85. The van der Waals surface area contributed by atoms with Gasteiger partial charge in [-0.3, -0.25) is 9.69 Å². The number of likely N-dealkylation sites (N-methyl/N-ethyl adjacent to an activating group) is 1. The SMILES string of the molecule is CCCc1c([C@@]2(C)CCCc3sc(N)c(C#N)c32)noc1-c1nc(O[C@@H](C)[C@@H]2[C@@H](OC)CCN2C)cc(-n2ccc(CC(=O)NC(C)C)n2)n1. The number of nitrogen functional groups attached to an aromatic ring is 1. The van der Waals surface area contributed by atoms with E-state index in [0.29, 0.717) is 46.0 Å². The topological polar surface area (TPSA) is 170 Å². The number of amides is 1. The Balaban J connectivity index is 1.44. The number of aryl methyl sites for hydroxylation is 1. The number of hydrogen-bond acceptors (Lipinski definition) is 12. The van der Waals surface area contributed by atoms with Crippen molar-refractivity contribution in [1.29, 1.82) is 5.26 Å². The van der Waals surface area contributed by atoms with Crippen molar-refractivity contribution in [2.75, 3.05) is 26.4 Å². The van der Waals surface area contributed by atoms with E-state index >= 15 is 0 Å². The van der Waals surface area contributed by atoms with Crippen LogP contribution in [0, 0.1) is 11.3 Å². The van der Waals surface area contributed by atoms with Crippen molar-refractivity contribution in [3.8, 4) is 29.4 Å². The number of carbonyl (C=O) groups is 1. The summed E-state index contributed by atoms with van der Waals surface area (Å²) in [6, 6.07) is 5.97. The summed E-state index contributed by atoms with van der Waals surface area (Å²) in [5.74, 6) is 1.47. The summed E-state index contributed by atoms with van der Waals surface area (Å²) in [6.45, 7) is 11.0. The van der Waals surface area contributed by atoms with Crippen molar-refractivity contribution in [3.05, 3.63) is 51.3 Å². The third-order valence-corrected chi connectivity index (χ3v) is 11.0. The number of nitrogens with one attached hydrogen (secondary N) is 1. The molecule has 0 bridgehead atoms. The molecule has 4 aromatic heterocycles. The molecule has 13 nitrogen and oxygen atoms in total. The van der Waals surface area contributed by atoms with Crippen LogP contribution in [0.2, 0.25) is 0 Å². The molecule has 5 heterocycles. The second-order valence-electron chi connectivity index (χ2n) is 13.9. The average Bonchev–Trinajstić information content (AvgIpc) is 3.86. The van der Waals surface area contributed by atoms with Gasteiger partial charge in [-0.25, -0.2) is 9.67 Å². The number of thiophene rings is 1. The molecule has 1 amide bonds. The number of fused-ring (bicyclic) bond motifs is 1. The van der Waals surface area contributed by atoms with Crippen LogP contribution in [0.25, 0.3) is 17.4 Å². The summed E-state index contributed by atoms with van der Waals surface area (Å²) < 4.78 is 20.2. The van der Waals surface area contributed by atoms with Crippen LogP contribution in [0.15, 0.2) is 22.9 Å². The minimum absolute atomic E-state index is 0.0259. The predicted molar refractivity (Wildman–Crippen MR) is 190 cm³/mol. The van der Waals surface area contributed by atoms with Gasteiger partial charge in [0, 0.05) is 47.8 Å². The van der Waals surface area contributed by atoms with Gasteiger partial charge in [-0.2, -0.15) is 15.3 Å². The second-order valence-corrected chi connectivity index (χ2v) is 15.1. The van der Waals surface area contributed by atoms with E-state index in [-0.39, 0.29) is 36.6 Å². The van der Waals surface area contributed by atoms with Crippen LogP contribution in [0.3, 0.4) is 0 Å². The van der Waals surface area contributed by atoms with Crippen LogP contribution >= 0.6 is 11.3 Å². The minimum Gasteiger partial charge on any atom is -0.473 e. The number of nitrogens with zero attached hydrogens (tertiary/aromatic N) is 7. The highest BCUT2D eigenvalue weighted by molar-refractivity contribution is 7.16. The molecule has 3 N–H and O–H groups in total. The van der Waals surface area contributed by atoms with Crippen molar-refractivity contribution in [1.82, 2.24) is 35.1 Å². The summed E-state index contributed by atoms with van der Waals surface area (Å²) >= 11 is 1.50. The van der Waals surface area contributed by atoms with Crippen LogP contribution in [0.4, 0.5) is 5.00 Å². The summed E-state index contributed by atoms with van der Waals surface area (Å²) in [7, 11) is 3.81. The highest BCUT2D eigenvalue weighted by Gasteiger charge is 2.43. The van der Waals surface area contributed by atoms with Gasteiger partial charge in [0.15, 0.2) is 5.82 Å². The standard InChI is InChI=1S/C36H47N9O4S/c1-8-10-23-32(49-43-33(23)36(5)14-9-11-26-30(36)24(19-37)34(38)50-26)35-40-27(45-16-12-22(42-45)17-28(46)39-20(2)3)18-29(41-35)48-21(4)31-25(47-7)13-15-44(31)6/h12,16,18,20-21,25,31H,8-11,13-15,17,38H2,1-7H3,(H,39,46)/t21-,25-,31+,36-/m0/s1. The Labute approximate surface area is 297 Å². The first-order valence-electron chi connectivity index (χ1n) is 17.4. The molecule has 0 aromatic carbocycles. The number of methoxy groups -OCH3 is 1. The minimum atomic E-state index is -0.569. The number of nitriles is 1. The van der Waals surface area contributed by atoms with E-state index in [0.717, 1.165) is 60.3 Å². The Hall–Kier alpha value is -4.32. The van der Waals surface area contributed by atoms with Crippen LogP contribution < -0.4 is 15.8 Å². The fraction of sp³-hybridized carbons (Fsp3) is 0.556. The molecule has 4 aromatic rings. The van der Waals surface area contributed by atoms with E-state index in [2.05, 4.69) is 42.3 Å². The third-order valence-electron chi connectivity index (χ3n) is 9.87. The quantitative estimate of drug-likeness (QED) is 0.204. The van der Waals surface area contributed by atoms with Crippen LogP contribution in [0.1, 0.15) is 93.3 Å². The Morgan fingerprint density at radius 3 is 2.84 bits per heavy atom.